The molecule has 0 amide bonds. The maximum absolute atomic E-state index is 13.7. The van der Waals surface area contributed by atoms with Crippen molar-refractivity contribution in [1.82, 2.24) is 10.6 Å². The zero-order valence-corrected chi connectivity index (χ0v) is 18.3. The van der Waals surface area contributed by atoms with Crippen LogP contribution in [0.5, 0.6) is 5.75 Å². The molecule has 1 atom stereocenters. The molecule has 2 aromatic rings. The van der Waals surface area contributed by atoms with Gasteiger partial charge in [0.15, 0.2) is 5.96 Å². The van der Waals surface area contributed by atoms with E-state index in [9.17, 15) is 4.39 Å². The summed E-state index contributed by atoms with van der Waals surface area (Å²) in [4.78, 5) is 4.59. The highest BCUT2D eigenvalue weighted by atomic mass is 127. The second-order valence-electron chi connectivity index (χ2n) is 6.53. The lowest BCUT2D eigenvalue weighted by molar-refractivity contribution is 0.186. The van der Waals surface area contributed by atoms with Crippen molar-refractivity contribution >= 4 is 29.9 Å². The second-order valence-corrected chi connectivity index (χ2v) is 6.53. The highest BCUT2D eigenvalue weighted by molar-refractivity contribution is 14.0. The van der Waals surface area contributed by atoms with Crippen LogP contribution in [0.2, 0.25) is 0 Å². The second kappa shape index (κ2) is 11.9. The van der Waals surface area contributed by atoms with Gasteiger partial charge in [-0.25, -0.2) is 9.38 Å². The first-order valence-electron chi connectivity index (χ1n) is 9.18. The Morgan fingerprint density at radius 2 is 2.21 bits per heavy atom. The summed E-state index contributed by atoms with van der Waals surface area (Å²) in [5.41, 5.74) is 0.753. The quantitative estimate of drug-likeness (QED) is 0.329. The van der Waals surface area contributed by atoms with E-state index in [1.54, 1.807) is 12.3 Å². The predicted molar refractivity (Wildman–Crippen MR) is 117 cm³/mol. The Balaban J connectivity index is 0.00000280. The summed E-state index contributed by atoms with van der Waals surface area (Å²) in [6, 6.07) is 8.43. The molecule has 0 radical (unpaired) electrons. The van der Waals surface area contributed by atoms with Gasteiger partial charge in [-0.2, -0.15) is 0 Å². The smallest absolute Gasteiger partial charge is 0.191 e. The number of methoxy groups -OCH3 is 1. The van der Waals surface area contributed by atoms with Crippen LogP contribution in [0, 0.1) is 11.7 Å². The predicted octanol–water partition coefficient (Wildman–Crippen LogP) is 3.36. The van der Waals surface area contributed by atoms with E-state index in [1.807, 2.05) is 12.1 Å². The van der Waals surface area contributed by atoms with Crippen molar-refractivity contribution in [2.75, 3.05) is 33.4 Å². The van der Waals surface area contributed by atoms with Crippen molar-refractivity contribution in [1.29, 1.82) is 0 Å². The van der Waals surface area contributed by atoms with E-state index in [4.69, 9.17) is 13.9 Å². The van der Waals surface area contributed by atoms with E-state index in [0.717, 1.165) is 43.9 Å². The molecule has 1 aromatic heterocycles. The van der Waals surface area contributed by atoms with Crippen molar-refractivity contribution in [3.8, 4) is 5.75 Å². The van der Waals surface area contributed by atoms with E-state index in [2.05, 4.69) is 15.6 Å². The number of nitrogens with one attached hydrogen (secondary N) is 2. The molecule has 2 N–H and O–H groups in total. The van der Waals surface area contributed by atoms with E-state index in [0.29, 0.717) is 30.7 Å². The van der Waals surface area contributed by atoms with Crippen LogP contribution in [0.4, 0.5) is 4.39 Å². The molecule has 1 aromatic carbocycles. The molecule has 0 aliphatic carbocycles. The van der Waals surface area contributed by atoms with E-state index in [-0.39, 0.29) is 29.8 Å². The fourth-order valence-corrected chi connectivity index (χ4v) is 2.92. The number of aliphatic imine (C=N–C) groups is 1. The van der Waals surface area contributed by atoms with Crippen molar-refractivity contribution in [3.05, 3.63) is 53.7 Å². The third-order valence-electron chi connectivity index (χ3n) is 4.41. The van der Waals surface area contributed by atoms with Crippen molar-refractivity contribution in [2.45, 2.75) is 19.4 Å². The fraction of sp³-hybridized carbons (Fsp3) is 0.450. The number of guanidine groups is 1. The number of furan rings is 1. The summed E-state index contributed by atoms with van der Waals surface area (Å²) in [6.07, 6.45) is 3.47. The van der Waals surface area contributed by atoms with Crippen LogP contribution in [-0.4, -0.2) is 39.4 Å². The molecule has 0 bridgehead atoms. The Morgan fingerprint density at radius 1 is 1.32 bits per heavy atom. The number of nitrogens with zero attached hydrogens (tertiary/aromatic N) is 1. The van der Waals surface area contributed by atoms with Gasteiger partial charge in [-0.3, -0.25) is 0 Å². The van der Waals surface area contributed by atoms with Crippen molar-refractivity contribution < 1.29 is 18.3 Å². The Morgan fingerprint density at radius 3 is 2.93 bits per heavy atom. The number of halogens is 2. The molecular formula is C20H27FIN3O3. The molecule has 1 saturated heterocycles. The van der Waals surface area contributed by atoms with E-state index < -0.39 is 0 Å². The van der Waals surface area contributed by atoms with Crippen LogP contribution in [0.1, 0.15) is 17.7 Å². The van der Waals surface area contributed by atoms with Gasteiger partial charge in [0, 0.05) is 38.1 Å². The minimum Gasteiger partial charge on any atom is -0.497 e. The summed E-state index contributed by atoms with van der Waals surface area (Å²) in [5.74, 6) is 2.25. The zero-order chi connectivity index (χ0) is 18.9. The SMILES string of the molecule is COc1cc(F)cc(CN=C(NCCc2ccco2)NCC2CCOC2)c1.I. The zero-order valence-electron chi connectivity index (χ0n) is 15.9. The molecule has 0 spiro atoms. The molecule has 1 aliphatic heterocycles. The Kier molecular flexibility index (Phi) is 9.56. The van der Waals surface area contributed by atoms with Gasteiger partial charge in [0.1, 0.15) is 17.3 Å². The van der Waals surface area contributed by atoms with Gasteiger partial charge in [0.25, 0.3) is 0 Å². The first-order chi connectivity index (χ1) is 13.2. The summed E-state index contributed by atoms with van der Waals surface area (Å²) in [7, 11) is 1.52. The number of benzene rings is 1. The van der Waals surface area contributed by atoms with Gasteiger partial charge in [0.2, 0.25) is 0 Å². The monoisotopic (exact) mass is 503 g/mol. The topological polar surface area (TPSA) is 68.0 Å². The molecule has 1 fully saturated rings. The van der Waals surface area contributed by atoms with E-state index in [1.165, 1.54) is 19.2 Å². The van der Waals surface area contributed by atoms with Gasteiger partial charge in [-0.15, -0.1) is 24.0 Å². The Labute approximate surface area is 181 Å². The van der Waals surface area contributed by atoms with Gasteiger partial charge in [-0.1, -0.05) is 0 Å². The molecule has 1 aliphatic rings. The first-order valence-corrected chi connectivity index (χ1v) is 9.18. The average Bonchev–Trinajstić information content (AvgIpc) is 3.37. The molecule has 0 saturated carbocycles. The van der Waals surface area contributed by atoms with Crippen molar-refractivity contribution in [3.63, 3.8) is 0 Å². The van der Waals surface area contributed by atoms with Crippen LogP contribution in [0.15, 0.2) is 46.0 Å². The first kappa shape index (κ1) is 22.5. The fourth-order valence-electron chi connectivity index (χ4n) is 2.92. The molecular weight excluding hydrogens is 476 g/mol. The van der Waals surface area contributed by atoms with Crippen molar-refractivity contribution in [2.24, 2.45) is 10.9 Å². The summed E-state index contributed by atoms with van der Waals surface area (Å²) < 4.78 is 29.6. The normalized spacial score (nSPS) is 16.5. The number of rotatable bonds is 8. The molecule has 6 nitrogen and oxygen atoms in total. The lowest BCUT2D eigenvalue weighted by atomic mass is 10.1. The van der Waals surface area contributed by atoms with Gasteiger partial charge in [-0.05, 0) is 36.2 Å². The van der Waals surface area contributed by atoms with Gasteiger partial charge < -0.3 is 24.5 Å². The van der Waals surface area contributed by atoms with Crippen LogP contribution < -0.4 is 15.4 Å². The van der Waals surface area contributed by atoms with Crippen LogP contribution in [0.25, 0.3) is 0 Å². The minimum absolute atomic E-state index is 0. The maximum Gasteiger partial charge on any atom is 0.191 e. The molecule has 28 heavy (non-hydrogen) atoms. The number of ether oxygens (including phenoxy) is 2. The lowest BCUT2D eigenvalue weighted by Gasteiger charge is -2.15. The summed E-state index contributed by atoms with van der Waals surface area (Å²) in [5, 5.41) is 6.67. The van der Waals surface area contributed by atoms with E-state index >= 15 is 0 Å². The Hall–Kier alpha value is -1.81. The van der Waals surface area contributed by atoms with Crippen LogP contribution in [-0.2, 0) is 17.7 Å². The number of hydrogen-bond donors (Lipinski definition) is 2. The third-order valence-corrected chi connectivity index (χ3v) is 4.41. The average molecular weight is 503 g/mol. The van der Waals surface area contributed by atoms with Crippen LogP contribution in [0.3, 0.4) is 0 Å². The standard InChI is InChI=1S/C20H26FN3O3.HI/c1-25-19-10-16(9-17(21)11-19)13-24-20(23-12-15-5-8-26-14-15)22-6-4-18-3-2-7-27-18;/h2-3,7,9-11,15H,4-6,8,12-14H2,1H3,(H2,22,23,24);1H. The lowest BCUT2D eigenvalue weighted by Crippen LogP contribution is -2.40. The minimum atomic E-state index is -0.331. The van der Waals surface area contributed by atoms with Gasteiger partial charge >= 0.3 is 0 Å². The largest absolute Gasteiger partial charge is 0.497 e. The molecule has 3 rings (SSSR count). The maximum atomic E-state index is 13.7. The highest BCUT2D eigenvalue weighted by Gasteiger charge is 2.15. The molecule has 8 heteroatoms. The van der Waals surface area contributed by atoms with Gasteiger partial charge in [0.05, 0.1) is 26.5 Å². The number of hydrogen-bond acceptors (Lipinski definition) is 4. The summed E-state index contributed by atoms with van der Waals surface area (Å²) >= 11 is 0. The summed E-state index contributed by atoms with van der Waals surface area (Å²) in [6.45, 7) is 3.42. The third kappa shape index (κ3) is 7.31. The Bertz CT molecular complexity index is 734. The van der Waals surface area contributed by atoms with Crippen LogP contribution >= 0.6 is 24.0 Å². The highest BCUT2D eigenvalue weighted by Crippen LogP contribution is 2.16. The molecule has 154 valence electrons. The molecule has 1 unspecified atom stereocenters. The molecule has 2 heterocycles.